The molecule has 1 saturated carbocycles. The molecule has 9 nitrogen and oxygen atoms in total. The van der Waals surface area contributed by atoms with Gasteiger partial charge in [-0.25, -0.2) is 13.7 Å². The summed E-state index contributed by atoms with van der Waals surface area (Å²) >= 11 is 14.4. The Bertz CT molecular complexity index is 1890. The quantitative estimate of drug-likeness (QED) is 0.169. The number of phenols is 1. The number of halogens is 4. The molecule has 4 aliphatic rings. The zero-order chi connectivity index (χ0) is 32.9. The molecule has 7 rings (SSSR count). The summed E-state index contributed by atoms with van der Waals surface area (Å²) < 4.78 is 28.6. The second-order valence-corrected chi connectivity index (χ2v) is 13.2. The molecule has 2 aliphatic heterocycles. The van der Waals surface area contributed by atoms with Gasteiger partial charge in [0, 0.05) is 11.5 Å². The van der Waals surface area contributed by atoms with E-state index >= 15 is 0 Å². The van der Waals surface area contributed by atoms with Crippen molar-refractivity contribution >= 4 is 70.8 Å². The lowest BCUT2D eigenvalue weighted by molar-refractivity contribution is -0.125. The fourth-order valence-corrected chi connectivity index (χ4v) is 8.51. The Morgan fingerprint density at radius 1 is 0.826 bits per heavy atom. The highest BCUT2D eigenvalue weighted by Gasteiger charge is 2.77. The number of carbonyl (C=O) groups is 4. The van der Waals surface area contributed by atoms with Gasteiger partial charge in [0.15, 0.2) is 21.3 Å². The fourth-order valence-electron chi connectivity index (χ4n) is 7.59. The smallest absolute Gasteiger partial charge is 0.488 e. The Labute approximate surface area is 270 Å². The van der Waals surface area contributed by atoms with Crippen molar-refractivity contribution in [1.29, 1.82) is 0 Å². The van der Waals surface area contributed by atoms with Crippen molar-refractivity contribution in [1.82, 2.24) is 0 Å². The highest BCUT2D eigenvalue weighted by molar-refractivity contribution is 6.59. The van der Waals surface area contributed by atoms with E-state index in [1.165, 1.54) is 48.5 Å². The van der Waals surface area contributed by atoms with Crippen molar-refractivity contribution in [2.75, 3.05) is 9.80 Å². The van der Waals surface area contributed by atoms with Crippen molar-refractivity contribution in [2.45, 2.75) is 28.5 Å². The lowest BCUT2D eigenvalue weighted by Crippen LogP contribution is -2.60. The summed E-state index contributed by atoms with van der Waals surface area (Å²) in [6.45, 7) is 0. The van der Waals surface area contributed by atoms with Gasteiger partial charge in [-0.2, -0.15) is 0 Å². The molecular formula is C32H23BCl2F2N2O7. The van der Waals surface area contributed by atoms with Crippen LogP contribution in [-0.2, 0) is 19.2 Å². The molecule has 0 spiro atoms. The zero-order valence-corrected chi connectivity index (χ0v) is 25.1. The van der Waals surface area contributed by atoms with Crippen LogP contribution in [-0.4, -0.2) is 55.7 Å². The van der Waals surface area contributed by atoms with Gasteiger partial charge in [-0.1, -0.05) is 35.9 Å². The third-order valence-corrected chi connectivity index (χ3v) is 11.1. The molecule has 3 fully saturated rings. The number of allylic oxidation sites excluding steroid dienone is 2. The Morgan fingerprint density at radius 2 is 1.52 bits per heavy atom. The SMILES string of the molecule is O=C1C2CC=C3C(CC4(Cl)C(=O)N(c5ccc(F)cc5)C(=O)C4(Cl)C3c3cccc(F)c3O)C2C(=O)N1c1cccc(B(O)O)c1. The summed E-state index contributed by atoms with van der Waals surface area (Å²) in [6, 6.07) is 13.8. The van der Waals surface area contributed by atoms with E-state index in [9.17, 15) is 43.1 Å². The van der Waals surface area contributed by atoms with E-state index in [-0.39, 0.29) is 35.2 Å². The van der Waals surface area contributed by atoms with E-state index in [2.05, 4.69) is 0 Å². The average Bonchev–Trinajstić information content (AvgIpc) is 3.37. The van der Waals surface area contributed by atoms with Crippen LogP contribution in [0.5, 0.6) is 5.75 Å². The zero-order valence-electron chi connectivity index (χ0n) is 23.6. The minimum atomic E-state index is -2.34. The predicted molar refractivity (Wildman–Crippen MR) is 163 cm³/mol. The van der Waals surface area contributed by atoms with Crippen LogP contribution in [0.15, 0.2) is 78.4 Å². The number of fused-ring (bicyclic) bond motifs is 4. The van der Waals surface area contributed by atoms with Crippen LogP contribution in [0, 0.1) is 29.4 Å². The van der Waals surface area contributed by atoms with Crippen LogP contribution in [0.4, 0.5) is 20.2 Å². The second kappa shape index (κ2) is 10.5. The number of imide groups is 2. The van der Waals surface area contributed by atoms with E-state index in [0.717, 1.165) is 28.0 Å². The first-order valence-electron chi connectivity index (χ1n) is 14.3. The molecular weight excluding hydrogens is 644 g/mol. The molecule has 2 aliphatic carbocycles. The van der Waals surface area contributed by atoms with Crippen LogP contribution in [0.3, 0.4) is 0 Å². The molecule has 2 saturated heterocycles. The summed E-state index contributed by atoms with van der Waals surface area (Å²) in [5.41, 5.74) is 0.322. The van der Waals surface area contributed by atoms with E-state index in [1.54, 1.807) is 6.08 Å². The van der Waals surface area contributed by atoms with Gasteiger partial charge in [-0.3, -0.25) is 24.1 Å². The van der Waals surface area contributed by atoms with Crippen LogP contribution >= 0.6 is 23.2 Å². The Balaban J connectivity index is 1.39. The number of benzene rings is 3. The third-order valence-electron chi connectivity index (χ3n) is 9.65. The highest BCUT2D eigenvalue weighted by Crippen LogP contribution is 2.66. The maximum atomic E-state index is 14.8. The monoisotopic (exact) mass is 666 g/mol. The first kappa shape index (κ1) is 30.6. The van der Waals surface area contributed by atoms with E-state index < -0.39 is 81.6 Å². The number of anilines is 2. The topological polar surface area (TPSA) is 135 Å². The van der Waals surface area contributed by atoms with E-state index in [0.29, 0.717) is 5.57 Å². The van der Waals surface area contributed by atoms with Gasteiger partial charge in [0.2, 0.25) is 11.8 Å². The molecule has 46 heavy (non-hydrogen) atoms. The molecule has 0 radical (unpaired) electrons. The van der Waals surface area contributed by atoms with E-state index in [1.807, 2.05) is 0 Å². The van der Waals surface area contributed by atoms with Crippen LogP contribution in [0.25, 0.3) is 0 Å². The first-order chi connectivity index (χ1) is 21.8. The third kappa shape index (κ3) is 4.00. The number of hydrogen-bond acceptors (Lipinski definition) is 7. The Hall–Kier alpha value is -4.10. The van der Waals surface area contributed by atoms with Gasteiger partial charge in [0.05, 0.1) is 23.2 Å². The maximum absolute atomic E-state index is 14.8. The molecule has 2 heterocycles. The Morgan fingerprint density at radius 3 is 2.22 bits per heavy atom. The minimum Gasteiger partial charge on any atom is -0.505 e. The number of carbonyl (C=O) groups excluding carboxylic acids is 4. The number of alkyl halides is 2. The summed E-state index contributed by atoms with van der Waals surface area (Å²) in [4.78, 5) is 53.5. The van der Waals surface area contributed by atoms with Crippen molar-refractivity contribution in [2.24, 2.45) is 17.8 Å². The summed E-state index contributed by atoms with van der Waals surface area (Å²) in [7, 11) is -1.86. The lowest BCUT2D eigenvalue weighted by atomic mass is 9.56. The number of aromatic hydroxyl groups is 1. The number of amides is 4. The number of rotatable bonds is 4. The predicted octanol–water partition coefficient (Wildman–Crippen LogP) is 3.12. The molecule has 234 valence electrons. The van der Waals surface area contributed by atoms with Gasteiger partial charge in [-0.15, -0.1) is 23.2 Å². The van der Waals surface area contributed by atoms with Gasteiger partial charge in [0.25, 0.3) is 11.8 Å². The van der Waals surface area contributed by atoms with Crippen LogP contribution in [0.1, 0.15) is 24.3 Å². The number of nitrogens with zero attached hydrogens (tertiary/aromatic N) is 2. The molecule has 6 atom stereocenters. The van der Waals surface area contributed by atoms with Gasteiger partial charge in [-0.05, 0) is 66.7 Å². The van der Waals surface area contributed by atoms with Crippen molar-refractivity contribution in [3.8, 4) is 5.75 Å². The minimum absolute atomic E-state index is 0.0124. The maximum Gasteiger partial charge on any atom is 0.488 e. The number of hydrogen-bond donors (Lipinski definition) is 3. The molecule has 4 amide bonds. The molecule has 0 aromatic heterocycles. The summed E-state index contributed by atoms with van der Waals surface area (Å²) in [6.07, 6.45) is 1.27. The lowest BCUT2D eigenvalue weighted by Gasteiger charge is -2.50. The molecule has 3 aromatic carbocycles. The van der Waals surface area contributed by atoms with Gasteiger partial charge in [0.1, 0.15) is 5.82 Å². The largest absolute Gasteiger partial charge is 0.505 e. The molecule has 6 unspecified atom stereocenters. The van der Waals surface area contributed by atoms with Crippen molar-refractivity contribution in [3.63, 3.8) is 0 Å². The normalized spacial score (nSPS) is 30.3. The standard InChI is InChI=1S/C32H23BCl2F2N2O7/c34-31-14-22-19(11-12-20-24(22)28(42)38(27(20)41)18-4-1-3-15(13-18)33(45)46)25(21-5-2-6-23(37)26(21)40)32(31,35)30(44)39(29(31)43)17-9-7-16(36)8-10-17/h1-11,13,20,22,24-25,40,45-46H,12,14H2. The second-order valence-electron chi connectivity index (χ2n) is 11.9. The Kier molecular flexibility index (Phi) is 6.95. The van der Waals surface area contributed by atoms with Crippen LogP contribution in [0.2, 0.25) is 0 Å². The molecule has 0 bridgehead atoms. The fraction of sp³-hybridized carbons (Fsp3) is 0.250. The summed E-state index contributed by atoms with van der Waals surface area (Å²) in [5, 5.41) is 30.3. The van der Waals surface area contributed by atoms with Crippen molar-refractivity contribution < 1.29 is 43.1 Å². The molecule has 14 heteroatoms. The number of phenolic OH excluding ortho intramolecular Hbond substituents is 1. The van der Waals surface area contributed by atoms with Crippen LogP contribution < -0.4 is 15.3 Å². The summed E-state index contributed by atoms with van der Waals surface area (Å²) in [5.74, 6) is -10.0. The van der Waals surface area contributed by atoms with Gasteiger partial charge < -0.3 is 15.2 Å². The average molecular weight is 667 g/mol. The van der Waals surface area contributed by atoms with E-state index in [4.69, 9.17) is 23.2 Å². The molecule has 3 aromatic rings. The molecule has 3 N–H and O–H groups in total. The van der Waals surface area contributed by atoms with Gasteiger partial charge >= 0.3 is 7.12 Å². The van der Waals surface area contributed by atoms with Crippen molar-refractivity contribution in [3.05, 3.63) is 95.6 Å². The number of para-hydroxylation sites is 1. The first-order valence-corrected chi connectivity index (χ1v) is 15.1. The highest BCUT2D eigenvalue weighted by atomic mass is 35.5.